The van der Waals surface area contributed by atoms with Crippen LogP contribution in [0, 0.1) is 34.5 Å². The number of rotatable bonds is 2. The van der Waals surface area contributed by atoms with E-state index in [1.165, 1.54) is 5.57 Å². The monoisotopic (exact) mass is 370 g/mol. The van der Waals surface area contributed by atoms with Gasteiger partial charge in [0.15, 0.2) is 0 Å². The summed E-state index contributed by atoms with van der Waals surface area (Å²) in [5, 5.41) is 10.1. The second-order valence-electron chi connectivity index (χ2n) is 10.1. The van der Waals surface area contributed by atoms with Gasteiger partial charge in [-0.25, -0.2) is 0 Å². The molecule has 0 aromatic heterocycles. The first-order chi connectivity index (χ1) is 12.1. The topological polar surface area (TPSA) is 20.2 Å². The van der Waals surface area contributed by atoms with Crippen molar-refractivity contribution >= 4 is 0 Å². The summed E-state index contributed by atoms with van der Waals surface area (Å²) in [5.41, 5.74) is 1.78. The van der Waals surface area contributed by atoms with E-state index in [1.54, 1.807) is 0 Å². The summed E-state index contributed by atoms with van der Waals surface area (Å²) in [6.07, 6.45) is 6.11. The van der Waals surface area contributed by atoms with Crippen LogP contribution in [0.4, 0.5) is 13.2 Å². The first-order valence-corrected chi connectivity index (χ1v) is 10.6. The zero-order chi connectivity index (χ0) is 18.7. The average molecular weight is 370 g/mol. The van der Waals surface area contributed by atoms with E-state index in [0.717, 1.165) is 51.4 Å². The van der Waals surface area contributed by atoms with Crippen molar-refractivity contribution < 1.29 is 18.3 Å². The Balaban J connectivity index is 1.54. The minimum Gasteiger partial charge on any atom is -0.393 e. The van der Waals surface area contributed by atoms with Crippen molar-refractivity contribution in [3.05, 3.63) is 11.6 Å². The molecule has 0 spiro atoms. The van der Waals surface area contributed by atoms with E-state index >= 15 is 0 Å². The molecule has 148 valence electrons. The number of fused-ring (bicyclic) bond motifs is 5. The van der Waals surface area contributed by atoms with E-state index in [1.807, 2.05) is 0 Å². The predicted octanol–water partition coefficient (Wildman–Crippen LogP) is 6.27. The maximum atomic E-state index is 12.8. The van der Waals surface area contributed by atoms with Gasteiger partial charge in [0.2, 0.25) is 0 Å². The highest BCUT2D eigenvalue weighted by atomic mass is 19.4. The predicted molar refractivity (Wildman–Crippen MR) is 96.5 cm³/mol. The molecule has 3 fully saturated rings. The van der Waals surface area contributed by atoms with Gasteiger partial charge in [-0.3, -0.25) is 0 Å². The standard InChI is InChI=1S/C22H33F3O/c1-20-11-9-19-17(5-3-15-13-16(26)8-10-21(15,19)2)18(20)6-4-14(20)7-12-22(23,24)25/h3,14,16-19,26H,4-13H2,1-2H3/t14-,16?,17?,18?,19?,20?,21?/m1/s1. The summed E-state index contributed by atoms with van der Waals surface area (Å²) in [4.78, 5) is 0. The molecule has 1 nitrogen and oxygen atoms in total. The molecule has 0 bridgehead atoms. The van der Waals surface area contributed by atoms with E-state index in [0.29, 0.717) is 24.2 Å². The van der Waals surface area contributed by atoms with Gasteiger partial charge in [-0.2, -0.15) is 13.2 Å². The van der Waals surface area contributed by atoms with Crippen LogP contribution in [0.1, 0.15) is 78.1 Å². The van der Waals surface area contributed by atoms with Crippen molar-refractivity contribution in [3.63, 3.8) is 0 Å². The Bertz CT molecular complexity index is 582. The zero-order valence-corrected chi connectivity index (χ0v) is 16.1. The summed E-state index contributed by atoms with van der Waals surface area (Å²) in [6.45, 7) is 4.70. The van der Waals surface area contributed by atoms with Crippen molar-refractivity contribution in [2.45, 2.75) is 90.3 Å². The Kier molecular flexibility index (Phi) is 4.53. The number of allylic oxidation sites excluding steroid dienone is 1. The summed E-state index contributed by atoms with van der Waals surface area (Å²) < 4.78 is 38.3. The molecular formula is C22H33F3O. The quantitative estimate of drug-likeness (QED) is 0.568. The fraction of sp³-hybridized carbons (Fsp3) is 0.909. The number of halogens is 3. The van der Waals surface area contributed by atoms with Crippen LogP contribution >= 0.6 is 0 Å². The zero-order valence-electron chi connectivity index (χ0n) is 16.1. The third kappa shape index (κ3) is 2.95. The van der Waals surface area contributed by atoms with E-state index in [-0.39, 0.29) is 22.9 Å². The Hall–Kier alpha value is -0.510. The Labute approximate surface area is 155 Å². The largest absolute Gasteiger partial charge is 0.393 e. The van der Waals surface area contributed by atoms with Crippen LogP contribution in [0.5, 0.6) is 0 Å². The summed E-state index contributed by atoms with van der Waals surface area (Å²) in [6, 6.07) is 0. The molecule has 4 heteroatoms. The normalized spacial score (nSPS) is 48.4. The number of aliphatic hydroxyl groups excluding tert-OH is 1. The molecule has 0 radical (unpaired) electrons. The van der Waals surface area contributed by atoms with Crippen molar-refractivity contribution in [3.8, 4) is 0 Å². The molecule has 0 heterocycles. The Morgan fingerprint density at radius 2 is 1.85 bits per heavy atom. The summed E-state index contributed by atoms with van der Waals surface area (Å²) >= 11 is 0. The maximum absolute atomic E-state index is 12.8. The summed E-state index contributed by atoms with van der Waals surface area (Å²) in [7, 11) is 0. The molecule has 0 aromatic rings. The van der Waals surface area contributed by atoms with Gasteiger partial charge in [-0.15, -0.1) is 0 Å². The lowest BCUT2D eigenvalue weighted by Crippen LogP contribution is -2.50. The minimum atomic E-state index is -4.02. The van der Waals surface area contributed by atoms with Gasteiger partial charge >= 0.3 is 6.18 Å². The van der Waals surface area contributed by atoms with E-state index < -0.39 is 12.6 Å². The van der Waals surface area contributed by atoms with Gasteiger partial charge in [0.05, 0.1) is 6.10 Å². The molecule has 4 aliphatic rings. The number of alkyl halides is 3. The van der Waals surface area contributed by atoms with Crippen LogP contribution in [0.2, 0.25) is 0 Å². The fourth-order valence-electron chi connectivity index (χ4n) is 7.56. The van der Waals surface area contributed by atoms with Gasteiger partial charge in [0.1, 0.15) is 0 Å². The van der Waals surface area contributed by atoms with Crippen LogP contribution in [-0.4, -0.2) is 17.4 Å². The lowest BCUT2D eigenvalue weighted by atomic mass is 9.47. The van der Waals surface area contributed by atoms with Crippen LogP contribution in [0.15, 0.2) is 11.6 Å². The lowest BCUT2D eigenvalue weighted by molar-refractivity contribution is -0.141. The summed E-state index contributed by atoms with van der Waals surface area (Å²) in [5.74, 6) is 2.12. The van der Waals surface area contributed by atoms with Crippen LogP contribution < -0.4 is 0 Å². The fourth-order valence-corrected chi connectivity index (χ4v) is 7.56. The molecule has 4 aliphatic carbocycles. The molecule has 3 saturated carbocycles. The lowest BCUT2D eigenvalue weighted by Gasteiger charge is -2.58. The first-order valence-electron chi connectivity index (χ1n) is 10.6. The van der Waals surface area contributed by atoms with E-state index in [9.17, 15) is 18.3 Å². The molecule has 1 N–H and O–H groups in total. The van der Waals surface area contributed by atoms with Crippen molar-refractivity contribution in [2.75, 3.05) is 0 Å². The van der Waals surface area contributed by atoms with E-state index in [2.05, 4.69) is 19.9 Å². The van der Waals surface area contributed by atoms with Gasteiger partial charge in [-0.1, -0.05) is 25.5 Å². The highest BCUT2D eigenvalue weighted by Gasteiger charge is 2.58. The van der Waals surface area contributed by atoms with Gasteiger partial charge in [0.25, 0.3) is 0 Å². The number of hydrogen-bond acceptors (Lipinski definition) is 1. The SMILES string of the molecule is CC12CCC(O)CC1=CCC1C2CCC2(C)C1CC[C@@H]2CCC(F)(F)F. The molecule has 4 rings (SSSR count). The molecule has 0 amide bonds. The second kappa shape index (κ2) is 6.25. The molecule has 0 aromatic carbocycles. The molecule has 7 atom stereocenters. The second-order valence-corrected chi connectivity index (χ2v) is 10.1. The highest BCUT2D eigenvalue weighted by Crippen LogP contribution is 2.66. The molecular weight excluding hydrogens is 337 g/mol. The third-order valence-corrected chi connectivity index (χ3v) is 9.05. The third-order valence-electron chi connectivity index (χ3n) is 9.05. The van der Waals surface area contributed by atoms with Crippen LogP contribution in [-0.2, 0) is 0 Å². The molecule has 0 saturated heterocycles. The van der Waals surface area contributed by atoms with Crippen molar-refractivity contribution in [1.29, 1.82) is 0 Å². The average Bonchev–Trinajstić information content (AvgIpc) is 2.89. The number of hydrogen-bond donors (Lipinski definition) is 1. The van der Waals surface area contributed by atoms with Crippen LogP contribution in [0.25, 0.3) is 0 Å². The molecule has 6 unspecified atom stereocenters. The van der Waals surface area contributed by atoms with Gasteiger partial charge in [-0.05, 0) is 92.3 Å². The maximum Gasteiger partial charge on any atom is 0.389 e. The smallest absolute Gasteiger partial charge is 0.389 e. The minimum absolute atomic E-state index is 0.0995. The van der Waals surface area contributed by atoms with E-state index in [4.69, 9.17) is 0 Å². The van der Waals surface area contributed by atoms with Gasteiger partial charge in [0, 0.05) is 6.42 Å². The molecule has 0 aliphatic heterocycles. The van der Waals surface area contributed by atoms with Crippen molar-refractivity contribution in [1.82, 2.24) is 0 Å². The van der Waals surface area contributed by atoms with Crippen molar-refractivity contribution in [2.24, 2.45) is 34.5 Å². The highest BCUT2D eigenvalue weighted by molar-refractivity contribution is 5.25. The number of aliphatic hydroxyl groups is 1. The first kappa shape index (κ1) is 18.8. The Morgan fingerprint density at radius 1 is 1.08 bits per heavy atom. The molecule has 26 heavy (non-hydrogen) atoms. The Morgan fingerprint density at radius 3 is 2.58 bits per heavy atom. The van der Waals surface area contributed by atoms with Gasteiger partial charge < -0.3 is 5.11 Å². The van der Waals surface area contributed by atoms with Crippen LogP contribution in [0.3, 0.4) is 0 Å².